The molecule has 2 rings (SSSR count). The van der Waals surface area contributed by atoms with Gasteiger partial charge >= 0.3 is 0 Å². The number of hydrogen-bond acceptors (Lipinski definition) is 4. The number of sulfone groups is 1. The zero-order chi connectivity index (χ0) is 12.5. The fourth-order valence-corrected chi connectivity index (χ4v) is 5.44. The van der Waals surface area contributed by atoms with Crippen LogP contribution in [-0.2, 0) is 21.1 Å². The van der Waals surface area contributed by atoms with Gasteiger partial charge in [-0.1, -0.05) is 0 Å². The van der Waals surface area contributed by atoms with E-state index in [0.717, 1.165) is 8.66 Å². The molecule has 3 nitrogen and oxygen atoms in total. The molecule has 0 bridgehead atoms. The van der Waals surface area contributed by atoms with Crippen molar-refractivity contribution in [2.45, 2.75) is 19.3 Å². The highest BCUT2D eigenvalue weighted by Crippen LogP contribution is 2.25. The van der Waals surface area contributed by atoms with E-state index in [1.807, 2.05) is 12.1 Å². The summed E-state index contributed by atoms with van der Waals surface area (Å²) >= 11 is 4.90. The zero-order valence-electron chi connectivity index (χ0n) is 9.19. The molecule has 1 aliphatic heterocycles. The monoisotopic (exact) mass is 336 g/mol. The predicted molar refractivity (Wildman–Crippen MR) is 72.1 cm³/mol. The third-order valence-electron chi connectivity index (χ3n) is 2.84. The van der Waals surface area contributed by atoms with E-state index in [0.29, 0.717) is 19.3 Å². The highest BCUT2D eigenvalue weighted by molar-refractivity contribution is 9.11. The van der Waals surface area contributed by atoms with Crippen molar-refractivity contribution < 1.29 is 13.2 Å². The van der Waals surface area contributed by atoms with Gasteiger partial charge in [-0.3, -0.25) is 4.79 Å². The molecule has 0 aromatic carbocycles. The molecule has 0 aliphatic carbocycles. The number of hydrogen-bond donors (Lipinski definition) is 0. The fraction of sp³-hybridized carbons (Fsp3) is 0.545. The lowest BCUT2D eigenvalue weighted by Gasteiger charge is -2.05. The maximum absolute atomic E-state index is 11.8. The molecule has 0 spiro atoms. The van der Waals surface area contributed by atoms with Crippen LogP contribution in [0.3, 0.4) is 0 Å². The Morgan fingerprint density at radius 3 is 2.76 bits per heavy atom. The Labute approximate surface area is 113 Å². The quantitative estimate of drug-likeness (QED) is 0.848. The first-order valence-corrected chi connectivity index (χ1v) is 8.84. The minimum Gasteiger partial charge on any atom is -0.299 e. The second-order valence-corrected chi connectivity index (χ2v) is 9.17. The molecule has 17 heavy (non-hydrogen) atoms. The van der Waals surface area contributed by atoms with Crippen molar-refractivity contribution in [1.29, 1.82) is 0 Å². The molecule has 2 heterocycles. The van der Waals surface area contributed by atoms with Crippen LogP contribution >= 0.6 is 27.3 Å². The number of ketones is 1. The van der Waals surface area contributed by atoms with E-state index >= 15 is 0 Å². The van der Waals surface area contributed by atoms with Crippen LogP contribution in [-0.4, -0.2) is 25.7 Å². The van der Waals surface area contributed by atoms with Crippen molar-refractivity contribution in [2.75, 3.05) is 11.5 Å². The molecule has 6 heteroatoms. The van der Waals surface area contributed by atoms with Gasteiger partial charge in [0.25, 0.3) is 0 Å². The van der Waals surface area contributed by atoms with E-state index in [1.165, 1.54) is 0 Å². The lowest BCUT2D eigenvalue weighted by molar-refractivity contribution is -0.119. The van der Waals surface area contributed by atoms with Gasteiger partial charge in [-0.2, -0.15) is 0 Å². The molecule has 0 N–H and O–H groups in total. The molecule has 1 saturated heterocycles. The number of thiophene rings is 1. The lowest BCUT2D eigenvalue weighted by Crippen LogP contribution is -2.11. The van der Waals surface area contributed by atoms with Gasteiger partial charge in [-0.05, 0) is 40.4 Å². The molecule has 94 valence electrons. The van der Waals surface area contributed by atoms with Gasteiger partial charge in [-0.15, -0.1) is 11.3 Å². The maximum atomic E-state index is 11.8. The van der Waals surface area contributed by atoms with Gasteiger partial charge in [0.1, 0.15) is 5.78 Å². The van der Waals surface area contributed by atoms with Gasteiger partial charge in [-0.25, -0.2) is 8.42 Å². The average Bonchev–Trinajstić information content (AvgIpc) is 2.73. The topological polar surface area (TPSA) is 51.2 Å². The van der Waals surface area contributed by atoms with Crippen LogP contribution in [0, 0.1) is 5.92 Å². The highest BCUT2D eigenvalue weighted by atomic mass is 79.9. The van der Waals surface area contributed by atoms with E-state index in [4.69, 9.17) is 0 Å². The standard InChI is InChI=1S/C11H13BrO3S2/c12-11-2-1-10(16-11)6-9(13)5-8-3-4-17(14,15)7-8/h1-2,8H,3-7H2. The normalized spacial score (nSPS) is 22.8. The molecule has 1 aromatic rings. The van der Waals surface area contributed by atoms with Crippen LogP contribution in [0.5, 0.6) is 0 Å². The van der Waals surface area contributed by atoms with E-state index in [9.17, 15) is 13.2 Å². The van der Waals surface area contributed by atoms with Crippen LogP contribution in [0.15, 0.2) is 15.9 Å². The van der Waals surface area contributed by atoms with Gasteiger partial charge < -0.3 is 0 Å². The Morgan fingerprint density at radius 1 is 1.47 bits per heavy atom. The minimum atomic E-state index is -2.87. The van der Waals surface area contributed by atoms with Crippen LogP contribution in [0.2, 0.25) is 0 Å². The second-order valence-electron chi connectivity index (χ2n) is 4.39. The van der Waals surface area contributed by atoms with Crippen molar-refractivity contribution in [1.82, 2.24) is 0 Å². The smallest absolute Gasteiger partial charge is 0.150 e. The molecule has 1 aliphatic rings. The summed E-state index contributed by atoms with van der Waals surface area (Å²) < 4.78 is 23.6. The fourth-order valence-electron chi connectivity index (χ4n) is 2.07. The van der Waals surface area contributed by atoms with Crippen molar-refractivity contribution >= 4 is 42.9 Å². The molecule has 0 amide bonds. The third kappa shape index (κ3) is 3.89. The van der Waals surface area contributed by atoms with Crippen LogP contribution in [0.1, 0.15) is 17.7 Å². The van der Waals surface area contributed by atoms with E-state index < -0.39 is 9.84 Å². The summed E-state index contributed by atoms with van der Waals surface area (Å²) in [6.07, 6.45) is 1.46. The summed E-state index contributed by atoms with van der Waals surface area (Å²) in [6, 6.07) is 3.85. The lowest BCUT2D eigenvalue weighted by atomic mass is 10.0. The number of carbonyl (C=O) groups is 1. The summed E-state index contributed by atoms with van der Waals surface area (Å²) in [5, 5.41) is 0. The average molecular weight is 337 g/mol. The van der Waals surface area contributed by atoms with Crippen LogP contribution in [0.4, 0.5) is 0 Å². The molecule has 1 unspecified atom stereocenters. The van der Waals surface area contributed by atoms with Crippen molar-refractivity contribution in [2.24, 2.45) is 5.92 Å². The summed E-state index contributed by atoms with van der Waals surface area (Å²) in [5.74, 6) is 0.611. The minimum absolute atomic E-state index is 0.0379. The summed E-state index contributed by atoms with van der Waals surface area (Å²) in [5.41, 5.74) is 0. The van der Waals surface area contributed by atoms with Crippen molar-refractivity contribution in [3.8, 4) is 0 Å². The molecule has 0 radical (unpaired) electrons. The first-order chi connectivity index (χ1) is 7.94. The van der Waals surface area contributed by atoms with Gasteiger partial charge in [0.2, 0.25) is 0 Å². The molecule has 0 saturated carbocycles. The molecule has 1 fully saturated rings. The Hall–Kier alpha value is -0.200. The van der Waals surface area contributed by atoms with Crippen LogP contribution < -0.4 is 0 Å². The third-order valence-corrected chi connectivity index (χ3v) is 6.30. The van der Waals surface area contributed by atoms with Gasteiger partial charge in [0, 0.05) is 17.7 Å². The van der Waals surface area contributed by atoms with Crippen LogP contribution in [0.25, 0.3) is 0 Å². The summed E-state index contributed by atoms with van der Waals surface area (Å²) in [4.78, 5) is 12.8. The Bertz CT molecular complexity index is 519. The first kappa shape index (κ1) is 13.2. The molecule has 1 aromatic heterocycles. The SMILES string of the molecule is O=C(Cc1ccc(Br)s1)CC1CCS(=O)(=O)C1. The second kappa shape index (κ2) is 5.20. The van der Waals surface area contributed by atoms with Crippen molar-refractivity contribution in [3.05, 3.63) is 20.8 Å². The predicted octanol–water partition coefficient (Wildman–Crippen LogP) is 2.45. The Balaban J connectivity index is 1.86. The molecular formula is C11H13BrO3S2. The maximum Gasteiger partial charge on any atom is 0.150 e. The molecule has 1 atom stereocenters. The first-order valence-electron chi connectivity index (χ1n) is 5.41. The van der Waals surface area contributed by atoms with Gasteiger partial charge in [0.05, 0.1) is 15.3 Å². The Morgan fingerprint density at radius 2 is 2.24 bits per heavy atom. The van der Waals surface area contributed by atoms with Gasteiger partial charge in [0.15, 0.2) is 9.84 Å². The molecular weight excluding hydrogens is 324 g/mol. The number of halogens is 1. The van der Waals surface area contributed by atoms with Crippen molar-refractivity contribution in [3.63, 3.8) is 0 Å². The summed E-state index contributed by atoms with van der Waals surface area (Å²) in [7, 11) is -2.87. The zero-order valence-corrected chi connectivity index (χ0v) is 12.4. The number of rotatable bonds is 4. The number of Topliss-reactive ketones (excluding diaryl/α,β-unsaturated/α-hetero) is 1. The highest BCUT2D eigenvalue weighted by Gasteiger charge is 2.29. The summed E-state index contributed by atoms with van der Waals surface area (Å²) in [6.45, 7) is 0. The largest absolute Gasteiger partial charge is 0.299 e. The van der Waals surface area contributed by atoms with E-state index in [-0.39, 0.29) is 23.2 Å². The van der Waals surface area contributed by atoms with E-state index in [1.54, 1.807) is 11.3 Å². The number of carbonyl (C=O) groups excluding carboxylic acids is 1. The Kier molecular flexibility index (Phi) is 4.05. The van der Waals surface area contributed by atoms with E-state index in [2.05, 4.69) is 15.9 Å².